The first kappa shape index (κ1) is 19.5. The number of carbonyl (C=O) groups excluding carboxylic acids is 1. The van der Waals surface area contributed by atoms with E-state index < -0.39 is 5.82 Å². The van der Waals surface area contributed by atoms with Gasteiger partial charge in [-0.25, -0.2) is 9.38 Å². The molecule has 1 aliphatic heterocycles. The molecule has 1 unspecified atom stereocenters. The third-order valence-corrected chi connectivity index (χ3v) is 4.37. The van der Waals surface area contributed by atoms with Crippen LogP contribution in [-0.4, -0.2) is 42.4 Å². The number of rotatable bonds is 5. The van der Waals surface area contributed by atoms with Gasteiger partial charge in [-0.05, 0) is 31.0 Å². The van der Waals surface area contributed by atoms with Gasteiger partial charge in [0.1, 0.15) is 5.82 Å². The van der Waals surface area contributed by atoms with E-state index in [-0.39, 0.29) is 22.9 Å². The molecule has 0 saturated carbocycles. The van der Waals surface area contributed by atoms with E-state index in [1.54, 1.807) is 12.1 Å². The summed E-state index contributed by atoms with van der Waals surface area (Å²) in [6.45, 7) is 8.42. The molecule has 1 atom stereocenters. The summed E-state index contributed by atoms with van der Waals surface area (Å²) < 4.78 is 13.2. The van der Waals surface area contributed by atoms with Crippen LogP contribution in [0.25, 0.3) is 0 Å². The molecule has 1 saturated heterocycles. The van der Waals surface area contributed by atoms with Gasteiger partial charge in [0, 0.05) is 31.6 Å². The Hall–Kier alpha value is -1.82. The van der Waals surface area contributed by atoms with E-state index in [1.165, 1.54) is 6.07 Å². The molecule has 7 heteroatoms. The van der Waals surface area contributed by atoms with Crippen LogP contribution < -0.4 is 10.6 Å². The number of amides is 1. The van der Waals surface area contributed by atoms with Crippen molar-refractivity contribution in [3.63, 3.8) is 0 Å². The number of hydrogen-bond acceptors (Lipinski definition) is 2. The highest BCUT2D eigenvalue weighted by atomic mass is 35.5. The summed E-state index contributed by atoms with van der Waals surface area (Å²) in [4.78, 5) is 18.5. The summed E-state index contributed by atoms with van der Waals surface area (Å²) >= 11 is 5.81. The normalized spacial score (nSPS) is 17.9. The van der Waals surface area contributed by atoms with E-state index in [4.69, 9.17) is 11.6 Å². The van der Waals surface area contributed by atoms with Crippen LogP contribution in [0, 0.1) is 11.7 Å². The van der Waals surface area contributed by atoms with Crippen LogP contribution in [-0.2, 0) is 11.3 Å². The first-order chi connectivity index (χ1) is 11.9. The average Bonchev–Trinajstić information content (AvgIpc) is 3.03. The Kier molecular flexibility index (Phi) is 7.05. The summed E-state index contributed by atoms with van der Waals surface area (Å²) in [7, 11) is 0. The Bertz CT molecular complexity index is 636. The lowest BCUT2D eigenvalue weighted by atomic mass is 10.2. The van der Waals surface area contributed by atoms with Gasteiger partial charge in [-0.3, -0.25) is 4.79 Å². The van der Waals surface area contributed by atoms with Gasteiger partial charge < -0.3 is 15.5 Å². The van der Waals surface area contributed by atoms with Gasteiger partial charge in [-0.2, -0.15) is 0 Å². The van der Waals surface area contributed by atoms with Crippen LogP contribution >= 0.6 is 11.6 Å². The second-order valence-corrected chi connectivity index (χ2v) is 6.92. The van der Waals surface area contributed by atoms with E-state index in [9.17, 15) is 9.18 Å². The lowest BCUT2D eigenvalue weighted by molar-refractivity contribution is -0.133. The minimum atomic E-state index is -0.430. The third-order valence-electron chi connectivity index (χ3n) is 4.08. The molecular formula is C18H26ClFN4O. The maximum atomic E-state index is 13.2. The molecule has 1 fully saturated rings. The Labute approximate surface area is 153 Å². The predicted octanol–water partition coefficient (Wildman–Crippen LogP) is 2.79. The molecule has 0 aliphatic carbocycles. The minimum absolute atomic E-state index is 0.0175. The first-order valence-electron chi connectivity index (χ1n) is 8.68. The zero-order chi connectivity index (χ0) is 18.4. The Morgan fingerprint density at radius 2 is 2.24 bits per heavy atom. The molecule has 1 aromatic carbocycles. The summed E-state index contributed by atoms with van der Waals surface area (Å²) in [5, 5.41) is 6.68. The number of likely N-dealkylation sites (tertiary alicyclic amines) is 1. The standard InChI is InChI=1S/C18H26ClFN4O/c1-4-21-18(22-10-13-5-6-16(20)15(19)9-13)23-14-7-8-24(11-14)17(25)12(2)3/h5-6,9,12,14H,4,7-8,10-11H2,1-3H3,(H2,21,22,23). The van der Waals surface area contributed by atoms with Gasteiger partial charge in [-0.1, -0.05) is 31.5 Å². The molecule has 1 heterocycles. The zero-order valence-corrected chi connectivity index (χ0v) is 15.7. The van der Waals surface area contributed by atoms with E-state index in [1.807, 2.05) is 25.7 Å². The van der Waals surface area contributed by atoms with Crippen LogP contribution in [0.4, 0.5) is 4.39 Å². The van der Waals surface area contributed by atoms with Crippen molar-refractivity contribution < 1.29 is 9.18 Å². The summed E-state index contributed by atoms with van der Waals surface area (Å²) in [5.41, 5.74) is 0.839. The molecule has 1 aliphatic rings. The van der Waals surface area contributed by atoms with Crippen molar-refractivity contribution >= 4 is 23.5 Å². The second-order valence-electron chi connectivity index (χ2n) is 6.51. The van der Waals surface area contributed by atoms with Crippen molar-refractivity contribution in [2.24, 2.45) is 10.9 Å². The molecule has 1 aromatic rings. The Balaban J connectivity index is 1.96. The van der Waals surface area contributed by atoms with Gasteiger partial charge in [-0.15, -0.1) is 0 Å². The van der Waals surface area contributed by atoms with E-state index >= 15 is 0 Å². The van der Waals surface area contributed by atoms with Crippen LogP contribution in [0.1, 0.15) is 32.8 Å². The molecule has 5 nitrogen and oxygen atoms in total. The molecule has 0 radical (unpaired) electrons. The van der Waals surface area contributed by atoms with Crippen molar-refractivity contribution in [2.45, 2.75) is 39.8 Å². The smallest absolute Gasteiger partial charge is 0.225 e. The number of halogens is 2. The van der Waals surface area contributed by atoms with Gasteiger partial charge in [0.05, 0.1) is 11.6 Å². The number of aliphatic imine (C=N–C) groups is 1. The van der Waals surface area contributed by atoms with Gasteiger partial charge in [0.25, 0.3) is 0 Å². The quantitative estimate of drug-likeness (QED) is 0.620. The Morgan fingerprint density at radius 1 is 1.48 bits per heavy atom. The topological polar surface area (TPSA) is 56.7 Å². The van der Waals surface area contributed by atoms with Gasteiger partial charge >= 0.3 is 0 Å². The fourth-order valence-electron chi connectivity index (χ4n) is 2.77. The van der Waals surface area contributed by atoms with E-state index in [2.05, 4.69) is 15.6 Å². The molecule has 1 amide bonds. The molecule has 2 rings (SSSR count). The second kappa shape index (κ2) is 9.04. The fraction of sp³-hybridized carbons (Fsp3) is 0.556. The van der Waals surface area contributed by atoms with Crippen molar-refractivity contribution in [1.29, 1.82) is 0 Å². The highest BCUT2D eigenvalue weighted by Gasteiger charge is 2.27. The molecule has 2 N–H and O–H groups in total. The number of hydrogen-bond donors (Lipinski definition) is 2. The third kappa shape index (κ3) is 5.59. The van der Waals surface area contributed by atoms with Crippen LogP contribution in [0.5, 0.6) is 0 Å². The van der Waals surface area contributed by atoms with Crippen LogP contribution in [0.3, 0.4) is 0 Å². The number of nitrogens with one attached hydrogen (secondary N) is 2. The molecule has 0 bridgehead atoms. The lowest BCUT2D eigenvalue weighted by Crippen LogP contribution is -2.45. The largest absolute Gasteiger partial charge is 0.357 e. The molecule has 25 heavy (non-hydrogen) atoms. The van der Waals surface area contributed by atoms with Crippen LogP contribution in [0.2, 0.25) is 5.02 Å². The maximum absolute atomic E-state index is 13.2. The van der Waals surface area contributed by atoms with Gasteiger partial charge in [0.2, 0.25) is 5.91 Å². The highest BCUT2D eigenvalue weighted by molar-refractivity contribution is 6.30. The number of carbonyl (C=O) groups is 1. The predicted molar refractivity (Wildman–Crippen MR) is 99.2 cm³/mol. The summed E-state index contributed by atoms with van der Waals surface area (Å²) in [5.74, 6) is 0.461. The van der Waals surface area contributed by atoms with E-state index in [0.29, 0.717) is 19.0 Å². The number of guanidine groups is 1. The van der Waals surface area contributed by atoms with Crippen molar-refractivity contribution in [3.05, 3.63) is 34.6 Å². The minimum Gasteiger partial charge on any atom is -0.357 e. The van der Waals surface area contributed by atoms with Gasteiger partial charge in [0.15, 0.2) is 5.96 Å². The number of nitrogens with zero attached hydrogens (tertiary/aromatic N) is 2. The zero-order valence-electron chi connectivity index (χ0n) is 15.0. The average molecular weight is 369 g/mol. The fourth-order valence-corrected chi connectivity index (χ4v) is 2.97. The monoisotopic (exact) mass is 368 g/mol. The molecule has 0 aromatic heterocycles. The maximum Gasteiger partial charge on any atom is 0.225 e. The van der Waals surface area contributed by atoms with Crippen molar-refractivity contribution in [2.75, 3.05) is 19.6 Å². The highest BCUT2D eigenvalue weighted by Crippen LogP contribution is 2.17. The first-order valence-corrected chi connectivity index (χ1v) is 9.06. The van der Waals surface area contributed by atoms with Crippen molar-refractivity contribution in [3.8, 4) is 0 Å². The van der Waals surface area contributed by atoms with Crippen molar-refractivity contribution in [1.82, 2.24) is 15.5 Å². The summed E-state index contributed by atoms with van der Waals surface area (Å²) in [6, 6.07) is 4.78. The SMILES string of the molecule is CCNC(=NCc1ccc(F)c(Cl)c1)NC1CCN(C(=O)C(C)C)C1. The van der Waals surface area contributed by atoms with Crippen LogP contribution in [0.15, 0.2) is 23.2 Å². The molecule has 0 spiro atoms. The molecule has 138 valence electrons. The molecular weight excluding hydrogens is 343 g/mol. The summed E-state index contributed by atoms with van der Waals surface area (Å²) in [6.07, 6.45) is 0.894. The lowest BCUT2D eigenvalue weighted by Gasteiger charge is -2.20. The van der Waals surface area contributed by atoms with E-state index in [0.717, 1.165) is 25.1 Å². The Morgan fingerprint density at radius 3 is 2.88 bits per heavy atom. The number of benzene rings is 1.